The van der Waals surface area contributed by atoms with Crippen molar-refractivity contribution in [3.63, 3.8) is 0 Å². The third-order valence-corrected chi connectivity index (χ3v) is 4.62. The number of phenols is 1. The van der Waals surface area contributed by atoms with E-state index in [0.717, 1.165) is 6.07 Å². The Morgan fingerprint density at radius 2 is 1.70 bits per heavy atom. The number of halogens is 3. The zero-order chi connectivity index (χ0) is 22.5. The van der Waals surface area contributed by atoms with Gasteiger partial charge in [-0.05, 0) is 30.0 Å². The van der Waals surface area contributed by atoms with Gasteiger partial charge in [-0.1, -0.05) is 57.0 Å². The van der Waals surface area contributed by atoms with Crippen molar-refractivity contribution in [1.82, 2.24) is 0 Å². The number of aryl methyl sites for hydroxylation is 1. The molecule has 0 saturated carbocycles. The van der Waals surface area contributed by atoms with E-state index in [4.69, 9.17) is 21.3 Å². The summed E-state index contributed by atoms with van der Waals surface area (Å²) >= 11 is 0. The fraction of sp³-hybridized carbons (Fsp3) is 0.364. The van der Waals surface area contributed by atoms with Gasteiger partial charge in [0.2, 0.25) is 0 Å². The van der Waals surface area contributed by atoms with E-state index in [0.29, 0.717) is 30.4 Å². The number of benzene rings is 2. The summed E-state index contributed by atoms with van der Waals surface area (Å²) < 4.78 is 45.6. The molecule has 0 bridgehead atoms. The highest BCUT2D eigenvalue weighted by Crippen LogP contribution is 2.41. The fourth-order valence-corrected chi connectivity index (χ4v) is 3.26. The summed E-state index contributed by atoms with van der Waals surface area (Å²) in [6.07, 6.45) is -4.07. The third-order valence-electron chi connectivity index (χ3n) is 4.62. The molecule has 0 aliphatic rings. The van der Waals surface area contributed by atoms with Gasteiger partial charge in [0.1, 0.15) is 23.0 Å². The van der Waals surface area contributed by atoms with Gasteiger partial charge < -0.3 is 15.6 Å². The summed E-state index contributed by atoms with van der Waals surface area (Å²) in [6.45, 7) is 3.69. The predicted molar refractivity (Wildman–Crippen MR) is 111 cm³/mol. The molecule has 8 heteroatoms. The van der Waals surface area contributed by atoms with Crippen LogP contribution in [-0.4, -0.2) is 22.8 Å². The number of alkyl halides is 3. The lowest BCUT2D eigenvalue weighted by Crippen LogP contribution is -2.27. The molecular formula is C22H26F3N3O2. The molecular weight excluding hydrogens is 395 g/mol. The molecule has 0 aliphatic heterocycles. The Labute approximate surface area is 173 Å². The molecule has 5 nitrogen and oxygen atoms in total. The molecule has 0 aromatic heterocycles. The van der Waals surface area contributed by atoms with Crippen molar-refractivity contribution in [3.8, 4) is 11.5 Å². The first kappa shape index (κ1) is 23.3. The van der Waals surface area contributed by atoms with Gasteiger partial charge in [0, 0.05) is 11.1 Å². The molecule has 2 aromatic carbocycles. The van der Waals surface area contributed by atoms with Gasteiger partial charge in [-0.3, -0.25) is 10.8 Å². The van der Waals surface area contributed by atoms with E-state index in [1.807, 2.05) is 13.8 Å². The average Bonchev–Trinajstić information content (AvgIpc) is 2.69. The van der Waals surface area contributed by atoms with Crippen molar-refractivity contribution in [2.75, 3.05) is 0 Å². The minimum Gasteiger partial charge on any atom is -0.507 e. The first-order chi connectivity index (χ1) is 14.1. The van der Waals surface area contributed by atoms with Crippen LogP contribution >= 0.6 is 0 Å². The maximum atomic E-state index is 13.2. The van der Waals surface area contributed by atoms with Gasteiger partial charge in [0.05, 0.1) is 0 Å². The Balaban J connectivity index is 2.68. The largest absolute Gasteiger partial charge is 0.507 e. The van der Waals surface area contributed by atoms with Crippen LogP contribution in [0.25, 0.3) is 0 Å². The summed E-state index contributed by atoms with van der Waals surface area (Å²) in [5, 5.41) is 26.1. The summed E-state index contributed by atoms with van der Waals surface area (Å²) in [7, 11) is 0. The lowest BCUT2D eigenvalue weighted by molar-refractivity contribution is -0.0588. The zero-order valence-corrected chi connectivity index (χ0v) is 16.9. The number of rotatable bonds is 9. The van der Waals surface area contributed by atoms with Crippen LogP contribution in [0.1, 0.15) is 55.0 Å². The Hall–Kier alpha value is -3.03. The van der Waals surface area contributed by atoms with Crippen molar-refractivity contribution in [2.24, 2.45) is 5.73 Å². The fourth-order valence-electron chi connectivity index (χ4n) is 3.26. The number of amidine groups is 1. The van der Waals surface area contributed by atoms with Crippen LogP contribution in [0.5, 0.6) is 11.5 Å². The normalized spacial score (nSPS) is 12.4. The highest BCUT2D eigenvalue weighted by atomic mass is 19.4. The number of hydrogen-bond donors (Lipinski definition) is 4. The average molecular weight is 421 g/mol. The Bertz CT molecular complexity index is 912. The summed E-state index contributed by atoms with van der Waals surface area (Å²) in [4.78, 5) is 0. The molecule has 0 heterocycles. The molecule has 0 saturated heterocycles. The first-order valence-electron chi connectivity index (χ1n) is 9.71. The summed E-state index contributed by atoms with van der Waals surface area (Å²) in [5.74, 6) is -0.666. The molecule has 1 atom stereocenters. The van der Waals surface area contributed by atoms with E-state index in [1.54, 1.807) is 30.3 Å². The SMILES string of the molecule is CCCc1cc(C(=N)C(F)(F)F)c(O)c(CCC)c1OC(C(=N)N)c1ccccc1. The summed E-state index contributed by atoms with van der Waals surface area (Å²) in [6, 6.07) is 9.96. The predicted octanol–water partition coefficient (Wildman–Crippen LogP) is 5.28. The van der Waals surface area contributed by atoms with Crippen molar-refractivity contribution in [3.05, 3.63) is 58.7 Å². The third kappa shape index (κ3) is 5.11. The lowest BCUT2D eigenvalue weighted by Gasteiger charge is -2.25. The second-order valence-electron chi connectivity index (χ2n) is 6.98. The maximum absolute atomic E-state index is 13.2. The van der Waals surface area contributed by atoms with Crippen LogP contribution in [0.2, 0.25) is 0 Å². The van der Waals surface area contributed by atoms with Gasteiger partial charge in [0.25, 0.3) is 0 Å². The smallest absolute Gasteiger partial charge is 0.433 e. The minimum absolute atomic E-state index is 0.189. The van der Waals surface area contributed by atoms with E-state index < -0.39 is 29.3 Å². The van der Waals surface area contributed by atoms with E-state index in [1.165, 1.54) is 0 Å². The molecule has 2 aromatic rings. The molecule has 1 unspecified atom stereocenters. The number of aromatic hydroxyl groups is 1. The van der Waals surface area contributed by atoms with E-state index in [9.17, 15) is 18.3 Å². The standard InChI is InChI=1S/C22H26F3N3O2/c1-3-8-14-12-16(20(26)22(23,24)25)17(29)15(9-4-2)18(14)30-19(21(27)28)13-10-6-5-7-11-13/h5-7,10-12,19,26,29H,3-4,8-9H2,1-2H3,(H3,27,28). The molecule has 2 rings (SSSR count). The number of nitrogens with two attached hydrogens (primary N) is 1. The van der Waals surface area contributed by atoms with E-state index in [2.05, 4.69) is 0 Å². The van der Waals surface area contributed by atoms with E-state index >= 15 is 0 Å². The Morgan fingerprint density at radius 1 is 1.10 bits per heavy atom. The molecule has 162 valence electrons. The number of ether oxygens (including phenoxy) is 1. The molecule has 0 aliphatic carbocycles. The topological polar surface area (TPSA) is 103 Å². The lowest BCUT2D eigenvalue weighted by atomic mass is 9.94. The van der Waals surface area contributed by atoms with Gasteiger partial charge >= 0.3 is 6.18 Å². The van der Waals surface area contributed by atoms with Crippen LogP contribution in [0.3, 0.4) is 0 Å². The monoisotopic (exact) mass is 421 g/mol. The molecule has 0 fully saturated rings. The van der Waals surface area contributed by atoms with Crippen molar-refractivity contribution in [1.29, 1.82) is 10.8 Å². The number of hydrogen-bond acceptors (Lipinski definition) is 4. The van der Waals surface area contributed by atoms with Crippen LogP contribution < -0.4 is 10.5 Å². The van der Waals surface area contributed by atoms with Crippen LogP contribution in [0.15, 0.2) is 36.4 Å². The van der Waals surface area contributed by atoms with Gasteiger partial charge in [0.15, 0.2) is 6.10 Å². The van der Waals surface area contributed by atoms with Crippen LogP contribution in [-0.2, 0) is 12.8 Å². The minimum atomic E-state index is -4.89. The van der Waals surface area contributed by atoms with Crippen LogP contribution in [0, 0.1) is 10.8 Å². The molecule has 30 heavy (non-hydrogen) atoms. The quantitative estimate of drug-likeness (QED) is 0.327. The van der Waals surface area contributed by atoms with E-state index in [-0.39, 0.29) is 23.6 Å². The maximum Gasteiger partial charge on any atom is 0.433 e. The van der Waals surface area contributed by atoms with Gasteiger partial charge in [-0.15, -0.1) is 0 Å². The van der Waals surface area contributed by atoms with Gasteiger partial charge in [-0.25, -0.2) is 0 Å². The molecule has 0 spiro atoms. The molecule has 0 amide bonds. The van der Waals surface area contributed by atoms with Crippen LogP contribution in [0.4, 0.5) is 13.2 Å². The Morgan fingerprint density at radius 3 is 2.20 bits per heavy atom. The van der Waals surface area contributed by atoms with Crippen molar-refractivity contribution < 1.29 is 23.0 Å². The summed E-state index contributed by atoms with van der Waals surface area (Å²) in [5.41, 5.74) is 4.82. The molecule has 5 N–H and O–H groups in total. The first-order valence-corrected chi connectivity index (χ1v) is 9.71. The zero-order valence-electron chi connectivity index (χ0n) is 16.9. The number of nitrogens with one attached hydrogen (secondary N) is 2. The highest BCUT2D eigenvalue weighted by Gasteiger charge is 2.38. The van der Waals surface area contributed by atoms with Gasteiger partial charge in [-0.2, -0.15) is 13.2 Å². The second kappa shape index (κ2) is 9.65. The number of phenolic OH excluding ortho intramolecular Hbond substituents is 1. The molecule has 0 radical (unpaired) electrons. The second-order valence-corrected chi connectivity index (χ2v) is 6.98. The Kier molecular flexibility index (Phi) is 7.48. The van der Waals surface area contributed by atoms with Crippen molar-refractivity contribution >= 4 is 11.5 Å². The highest BCUT2D eigenvalue weighted by molar-refractivity contribution is 6.05. The van der Waals surface area contributed by atoms with Crippen molar-refractivity contribution in [2.45, 2.75) is 51.8 Å².